The molecule has 0 saturated heterocycles. The van der Waals surface area contributed by atoms with Gasteiger partial charge in [0.15, 0.2) is 0 Å². The first-order chi connectivity index (χ1) is 14.2. The third-order valence-electron chi connectivity index (χ3n) is 5.48. The summed E-state index contributed by atoms with van der Waals surface area (Å²) >= 11 is 0. The first-order valence-electron chi connectivity index (χ1n) is 10.7. The quantitative estimate of drug-likeness (QED) is 0.512. The molecule has 0 saturated carbocycles. The molecule has 5 nitrogen and oxygen atoms in total. The highest BCUT2D eigenvalue weighted by atomic mass is 16.1. The van der Waals surface area contributed by atoms with Crippen LogP contribution in [-0.2, 0) is 6.54 Å². The second-order valence-electron chi connectivity index (χ2n) is 7.26. The van der Waals surface area contributed by atoms with Crippen LogP contribution < -0.4 is 10.9 Å². The second kappa shape index (κ2) is 10.2. The number of fused-ring (bicyclic) bond motifs is 1. The number of pyridine rings is 2. The molecule has 0 atom stereocenters. The van der Waals surface area contributed by atoms with Gasteiger partial charge in [0, 0.05) is 36.3 Å². The highest BCUT2D eigenvalue weighted by molar-refractivity contribution is 5.85. The van der Waals surface area contributed by atoms with E-state index in [4.69, 9.17) is 0 Å². The fourth-order valence-corrected chi connectivity index (χ4v) is 3.72. The van der Waals surface area contributed by atoms with Gasteiger partial charge in [-0.25, -0.2) is 4.98 Å². The van der Waals surface area contributed by atoms with Crippen LogP contribution in [0.25, 0.3) is 22.0 Å². The van der Waals surface area contributed by atoms with E-state index in [9.17, 15) is 4.79 Å². The van der Waals surface area contributed by atoms with Gasteiger partial charge < -0.3 is 14.8 Å². The number of unbranched alkanes of at least 4 members (excludes halogenated alkanes) is 1. The van der Waals surface area contributed by atoms with Gasteiger partial charge in [-0.2, -0.15) is 0 Å². The topological polar surface area (TPSA) is 50.2 Å². The van der Waals surface area contributed by atoms with Gasteiger partial charge in [-0.15, -0.1) is 0 Å². The van der Waals surface area contributed by atoms with Crippen LogP contribution in [0, 0.1) is 0 Å². The monoisotopic (exact) mass is 392 g/mol. The fraction of sp³-hybridized carbons (Fsp3) is 0.417. The molecule has 0 fully saturated rings. The molecule has 2 heterocycles. The minimum atomic E-state index is 0.0440. The summed E-state index contributed by atoms with van der Waals surface area (Å²) < 4.78 is 1.84. The molecule has 0 amide bonds. The number of nitrogens with zero attached hydrogens (tertiary/aromatic N) is 3. The van der Waals surface area contributed by atoms with E-state index in [1.807, 2.05) is 60.2 Å². The highest BCUT2D eigenvalue weighted by Gasteiger charge is 2.11. The molecular formula is C24H32N4O. The van der Waals surface area contributed by atoms with Gasteiger partial charge in [-0.3, -0.25) is 4.79 Å². The summed E-state index contributed by atoms with van der Waals surface area (Å²) in [5.74, 6) is 0.828. The Balaban J connectivity index is 1.77. The molecule has 3 aromatic rings. The molecule has 0 radical (unpaired) electrons. The molecule has 0 spiro atoms. The van der Waals surface area contributed by atoms with Crippen LogP contribution in [0.4, 0.5) is 5.82 Å². The van der Waals surface area contributed by atoms with E-state index in [1.165, 1.54) is 6.42 Å². The van der Waals surface area contributed by atoms with Crippen molar-refractivity contribution in [1.29, 1.82) is 0 Å². The molecule has 0 bridgehead atoms. The third kappa shape index (κ3) is 5.04. The van der Waals surface area contributed by atoms with Crippen LogP contribution in [-0.4, -0.2) is 40.6 Å². The Hall–Kier alpha value is -2.66. The van der Waals surface area contributed by atoms with Crippen molar-refractivity contribution < 1.29 is 0 Å². The van der Waals surface area contributed by atoms with Crippen molar-refractivity contribution in [3.8, 4) is 11.1 Å². The zero-order valence-electron chi connectivity index (χ0n) is 17.8. The molecular weight excluding hydrogens is 360 g/mol. The number of aryl methyl sites for hydroxylation is 1. The average molecular weight is 393 g/mol. The minimum absolute atomic E-state index is 0.0440. The van der Waals surface area contributed by atoms with Gasteiger partial charge in [-0.05, 0) is 51.0 Å². The number of hydrogen-bond acceptors (Lipinski definition) is 4. The summed E-state index contributed by atoms with van der Waals surface area (Å²) in [4.78, 5) is 20.1. The van der Waals surface area contributed by atoms with Gasteiger partial charge in [0.05, 0.1) is 5.52 Å². The Morgan fingerprint density at radius 2 is 1.79 bits per heavy atom. The summed E-state index contributed by atoms with van der Waals surface area (Å²) in [6, 6.07) is 13.8. The molecule has 0 unspecified atom stereocenters. The number of hydrogen-bond donors (Lipinski definition) is 1. The van der Waals surface area contributed by atoms with Crippen molar-refractivity contribution in [3.05, 3.63) is 59.0 Å². The Labute approximate surface area is 173 Å². The second-order valence-corrected chi connectivity index (χ2v) is 7.26. The maximum atomic E-state index is 13.1. The Morgan fingerprint density at radius 3 is 2.48 bits per heavy atom. The van der Waals surface area contributed by atoms with Crippen molar-refractivity contribution >= 4 is 16.7 Å². The van der Waals surface area contributed by atoms with Gasteiger partial charge in [0.1, 0.15) is 5.82 Å². The highest BCUT2D eigenvalue weighted by Crippen LogP contribution is 2.22. The summed E-state index contributed by atoms with van der Waals surface area (Å²) in [6.45, 7) is 11.3. The zero-order valence-corrected chi connectivity index (χ0v) is 17.8. The minimum Gasteiger partial charge on any atom is -0.370 e. The smallest absolute Gasteiger partial charge is 0.258 e. The van der Waals surface area contributed by atoms with Crippen molar-refractivity contribution in [3.63, 3.8) is 0 Å². The van der Waals surface area contributed by atoms with E-state index in [1.54, 1.807) is 0 Å². The molecule has 1 N–H and O–H groups in total. The van der Waals surface area contributed by atoms with Gasteiger partial charge in [-0.1, -0.05) is 44.2 Å². The lowest BCUT2D eigenvalue weighted by Crippen LogP contribution is -2.24. The number of benzene rings is 1. The van der Waals surface area contributed by atoms with Gasteiger partial charge in [0.25, 0.3) is 5.56 Å². The van der Waals surface area contributed by atoms with Crippen LogP contribution in [0.1, 0.15) is 33.6 Å². The van der Waals surface area contributed by atoms with Crippen molar-refractivity contribution in [1.82, 2.24) is 14.5 Å². The van der Waals surface area contributed by atoms with E-state index >= 15 is 0 Å². The van der Waals surface area contributed by atoms with E-state index in [2.05, 4.69) is 29.0 Å². The molecule has 154 valence electrons. The van der Waals surface area contributed by atoms with Crippen LogP contribution in [0.15, 0.2) is 53.5 Å². The molecule has 29 heavy (non-hydrogen) atoms. The zero-order chi connectivity index (χ0) is 20.6. The summed E-state index contributed by atoms with van der Waals surface area (Å²) in [5, 5.41) is 4.40. The number of anilines is 1. The van der Waals surface area contributed by atoms with Crippen LogP contribution in [0.5, 0.6) is 0 Å². The van der Waals surface area contributed by atoms with E-state index in [-0.39, 0.29) is 5.56 Å². The maximum Gasteiger partial charge on any atom is 0.258 e. The van der Waals surface area contributed by atoms with E-state index in [0.29, 0.717) is 6.54 Å². The van der Waals surface area contributed by atoms with E-state index in [0.717, 1.165) is 60.4 Å². The molecule has 0 aliphatic rings. The van der Waals surface area contributed by atoms with Crippen LogP contribution in [0.3, 0.4) is 0 Å². The van der Waals surface area contributed by atoms with Crippen molar-refractivity contribution in [2.45, 2.75) is 40.2 Å². The van der Waals surface area contributed by atoms with E-state index < -0.39 is 0 Å². The molecule has 0 aliphatic heterocycles. The SMILES string of the molecule is CCN(CC)CCCCNc1cc2c(cn1)cc(-c1ccccc1)c(=O)n2CC. The lowest BCUT2D eigenvalue weighted by atomic mass is 10.1. The summed E-state index contributed by atoms with van der Waals surface area (Å²) in [6.07, 6.45) is 4.14. The third-order valence-corrected chi connectivity index (χ3v) is 5.48. The van der Waals surface area contributed by atoms with Crippen LogP contribution >= 0.6 is 0 Å². The predicted molar refractivity (Wildman–Crippen MR) is 123 cm³/mol. The molecule has 2 aromatic heterocycles. The Bertz CT molecular complexity index is 977. The summed E-state index contributed by atoms with van der Waals surface area (Å²) in [5.41, 5.74) is 2.64. The lowest BCUT2D eigenvalue weighted by Gasteiger charge is -2.17. The largest absolute Gasteiger partial charge is 0.370 e. The lowest BCUT2D eigenvalue weighted by molar-refractivity contribution is 0.298. The molecule has 1 aromatic carbocycles. The summed E-state index contributed by atoms with van der Waals surface area (Å²) in [7, 11) is 0. The normalized spacial score (nSPS) is 11.3. The number of aromatic nitrogens is 2. The predicted octanol–water partition coefficient (Wildman–Crippen LogP) is 4.62. The molecule has 0 aliphatic carbocycles. The fourth-order valence-electron chi connectivity index (χ4n) is 3.72. The standard InChI is InChI=1S/C24H32N4O/c1-4-27(5-2)15-11-10-14-25-23-17-22-20(18-26-23)16-21(24(29)28(22)6-3)19-12-8-7-9-13-19/h7-9,12-13,16-18H,4-6,10-11,14-15H2,1-3H3,(H,25,26). The van der Waals surface area contributed by atoms with Crippen molar-refractivity contribution in [2.24, 2.45) is 0 Å². The van der Waals surface area contributed by atoms with Crippen LogP contribution in [0.2, 0.25) is 0 Å². The van der Waals surface area contributed by atoms with Gasteiger partial charge >= 0.3 is 0 Å². The first-order valence-corrected chi connectivity index (χ1v) is 10.7. The van der Waals surface area contributed by atoms with Crippen molar-refractivity contribution in [2.75, 3.05) is 31.5 Å². The Kier molecular flexibility index (Phi) is 7.42. The molecule has 5 heteroatoms. The van der Waals surface area contributed by atoms with Gasteiger partial charge in [0.2, 0.25) is 0 Å². The molecule has 3 rings (SSSR count). The maximum absolute atomic E-state index is 13.1. The average Bonchev–Trinajstić information content (AvgIpc) is 2.76. The number of nitrogens with one attached hydrogen (secondary N) is 1. The number of rotatable bonds is 10. The Morgan fingerprint density at radius 1 is 1.03 bits per heavy atom. The first kappa shape index (κ1) is 21.1.